The zero-order chi connectivity index (χ0) is 22.1. The van der Waals surface area contributed by atoms with E-state index in [4.69, 9.17) is 5.21 Å². The van der Waals surface area contributed by atoms with Crippen molar-refractivity contribution in [3.8, 4) is 0 Å². The van der Waals surface area contributed by atoms with Crippen molar-refractivity contribution in [2.75, 3.05) is 0 Å². The van der Waals surface area contributed by atoms with Gasteiger partial charge in [-0.3, -0.25) is 19.6 Å². The van der Waals surface area contributed by atoms with Crippen LogP contribution in [-0.4, -0.2) is 29.0 Å². The average molecular weight is 418 g/mol. The van der Waals surface area contributed by atoms with E-state index in [9.17, 15) is 14.4 Å². The average Bonchev–Trinajstić information content (AvgIpc) is 3.22. The number of amides is 3. The Hall–Kier alpha value is -2.41. The van der Waals surface area contributed by atoms with Crippen LogP contribution in [0.3, 0.4) is 0 Å². The standard InChI is InChI=1S/C23H35N3O4/c1-23(2,3)20(22(29)24-15-17-11-5-4-6-12-17)25-21(28)18(14-19(27)26-30)13-16-9-7-8-10-16/h4-6,11-12,16,18,20,30H,7-10,13-15H2,1-3H3,(H,24,29)(H,25,28)(H,26,27). The summed E-state index contributed by atoms with van der Waals surface area (Å²) in [7, 11) is 0. The topological polar surface area (TPSA) is 108 Å². The molecule has 7 heteroatoms. The van der Waals surface area contributed by atoms with Gasteiger partial charge in [0.15, 0.2) is 0 Å². The lowest BCUT2D eigenvalue weighted by Crippen LogP contribution is -2.55. The zero-order valence-corrected chi connectivity index (χ0v) is 18.2. The molecule has 2 unspecified atom stereocenters. The normalized spacial score (nSPS) is 16.5. The van der Waals surface area contributed by atoms with Crippen molar-refractivity contribution in [2.24, 2.45) is 17.3 Å². The summed E-state index contributed by atoms with van der Waals surface area (Å²) in [5, 5.41) is 14.7. The number of carbonyl (C=O) groups is 3. The molecule has 2 atom stereocenters. The maximum atomic E-state index is 13.1. The first-order valence-corrected chi connectivity index (χ1v) is 10.8. The van der Waals surface area contributed by atoms with Crippen LogP contribution < -0.4 is 16.1 Å². The summed E-state index contributed by atoms with van der Waals surface area (Å²) in [6.45, 7) is 6.06. The third-order valence-corrected chi connectivity index (χ3v) is 5.74. The zero-order valence-electron chi connectivity index (χ0n) is 18.2. The molecule has 1 aliphatic rings. The van der Waals surface area contributed by atoms with Crippen LogP contribution in [0.1, 0.15) is 64.9 Å². The van der Waals surface area contributed by atoms with Gasteiger partial charge in [-0.1, -0.05) is 76.8 Å². The van der Waals surface area contributed by atoms with Crippen molar-refractivity contribution in [1.29, 1.82) is 0 Å². The molecule has 3 amide bonds. The van der Waals surface area contributed by atoms with Crippen LogP contribution in [0, 0.1) is 17.3 Å². The quantitative estimate of drug-likeness (QED) is 0.366. The number of nitrogens with one attached hydrogen (secondary N) is 3. The van der Waals surface area contributed by atoms with Gasteiger partial charge in [-0.2, -0.15) is 0 Å². The lowest BCUT2D eigenvalue weighted by atomic mass is 9.84. The van der Waals surface area contributed by atoms with E-state index < -0.39 is 23.3 Å². The Labute approximate surface area is 179 Å². The maximum Gasteiger partial charge on any atom is 0.244 e. The van der Waals surface area contributed by atoms with Crippen molar-refractivity contribution in [2.45, 2.75) is 71.9 Å². The highest BCUT2D eigenvalue weighted by molar-refractivity contribution is 5.91. The van der Waals surface area contributed by atoms with Crippen molar-refractivity contribution in [3.63, 3.8) is 0 Å². The number of carbonyl (C=O) groups excluding carboxylic acids is 3. The van der Waals surface area contributed by atoms with Crippen molar-refractivity contribution in [3.05, 3.63) is 35.9 Å². The summed E-state index contributed by atoms with van der Waals surface area (Å²) in [5.74, 6) is -1.35. The second kappa shape index (κ2) is 11.1. The van der Waals surface area contributed by atoms with E-state index in [1.807, 2.05) is 51.1 Å². The van der Waals surface area contributed by atoms with Gasteiger partial charge in [0.1, 0.15) is 6.04 Å². The fourth-order valence-corrected chi connectivity index (χ4v) is 4.02. The molecule has 1 fully saturated rings. The third-order valence-electron chi connectivity index (χ3n) is 5.74. The number of benzene rings is 1. The van der Waals surface area contributed by atoms with Crippen LogP contribution in [0.2, 0.25) is 0 Å². The first kappa shape index (κ1) is 23.9. The molecule has 1 aliphatic carbocycles. The smallest absolute Gasteiger partial charge is 0.244 e. The Bertz CT molecular complexity index is 709. The highest BCUT2D eigenvalue weighted by atomic mass is 16.5. The number of hydrogen-bond donors (Lipinski definition) is 4. The highest BCUT2D eigenvalue weighted by Gasteiger charge is 2.35. The van der Waals surface area contributed by atoms with Crippen LogP contribution in [0.4, 0.5) is 0 Å². The van der Waals surface area contributed by atoms with E-state index in [1.165, 1.54) is 0 Å². The predicted molar refractivity (Wildman–Crippen MR) is 114 cm³/mol. The van der Waals surface area contributed by atoms with E-state index in [0.717, 1.165) is 31.2 Å². The molecule has 0 saturated heterocycles. The van der Waals surface area contributed by atoms with E-state index in [1.54, 1.807) is 5.48 Å². The summed E-state index contributed by atoms with van der Waals surface area (Å²) in [5.41, 5.74) is 2.09. The lowest BCUT2D eigenvalue weighted by Gasteiger charge is -2.32. The minimum Gasteiger partial charge on any atom is -0.350 e. The van der Waals surface area contributed by atoms with Crippen LogP contribution in [0.25, 0.3) is 0 Å². The van der Waals surface area contributed by atoms with Crippen LogP contribution >= 0.6 is 0 Å². The van der Waals surface area contributed by atoms with E-state index in [0.29, 0.717) is 18.9 Å². The summed E-state index contributed by atoms with van der Waals surface area (Å²) >= 11 is 0. The first-order valence-electron chi connectivity index (χ1n) is 10.8. The summed E-state index contributed by atoms with van der Waals surface area (Å²) in [4.78, 5) is 37.7. The van der Waals surface area contributed by atoms with Gasteiger partial charge in [0.05, 0.1) is 0 Å². The van der Waals surface area contributed by atoms with Crippen molar-refractivity contribution >= 4 is 17.7 Å². The second-order valence-electron chi connectivity index (χ2n) is 9.33. The second-order valence-corrected chi connectivity index (χ2v) is 9.33. The molecule has 0 heterocycles. The molecule has 0 spiro atoms. The van der Waals surface area contributed by atoms with Gasteiger partial charge in [-0.15, -0.1) is 0 Å². The third kappa shape index (κ3) is 7.44. The minimum absolute atomic E-state index is 0.0959. The molecule has 1 aromatic rings. The molecule has 0 bridgehead atoms. The van der Waals surface area contributed by atoms with E-state index in [2.05, 4.69) is 10.6 Å². The number of rotatable bonds is 9. The first-order chi connectivity index (χ1) is 14.2. The maximum absolute atomic E-state index is 13.1. The van der Waals surface area contributed by atoms with Gasteiger partial charge in [0.2, 0.25) is 17.7 Å². The monoisotopic (exact) mass is 417 g/mol. The summed E-state index contributed by atoms with van der Waals surface area (Å²) in [6.07, 6.45) is 4.86. The lowest BCUT2D eigenvalue weighted by molar-refractivity contribution is -0.137. The van der Waals surface area contributed by atoms with Crippen LogP contribution in [0.15, 0.2) is 30.3 Å². The van der Waals surface area contributed by atoms with E-state index >= 15 is 0 Å². The van der Waals surface area contributed by atoms with Gasteiger partial charge >= 0.3 is 0 Å². The van der Waals surface area contributed by atoms with E-state index in [-0.39, 0.29) is 18.2 Å². The molecular formula is C23H35N3O4. The van der Waals surface area contributed by atoms with Crippen molar-refractivity contribution in [1.82, 2.24) is 16.1 Å². The fourth-order valence-electron chi connectivity index (χ4n) is 4.02. The molecule has 30 heavy (non-hydrogen) atoms. The molecule has 7 nitrogen and oxygen atoms in total. The minimum atomic E-state index is -0.739. The molecule has 4 N–H and O–H groups in total. The molecule has 1 aromatic carbocycles. The molecule has 0 radical (unpaired) electrons. The Morgan fingerprint density at radius 3 is 2.27 bits per heavy atom. The molecule has 2 rings (SSSR count). The Morgan fingerprint density at radius 1 is 1.07 bits per heavy atom. The SMILES string of the molecule is CC(C)(C)C(NC(=O)C(CC(=O)NO)CC1CCCC1)C(=O)NCc1ccccc1. The van der Waals surface area contributed by atoms with Crippen molar-refractivity contribution < 1.29 is 19.6 Å². The summed E-state index contributed by atoms with van der Waals surface area (Å²) < 4.78 is 0. The summed E-state index contributed by atoms with van der Waals surface area (Å²) in [6, 6.07) is 8.84. The fraction of sp³-hybridized carbons (Fsp3) is 0.609. The highest BCUT2D eigenvalue weighted by Crippen LogP contribution is 2.32. The Kier molecular flexibility index (Phi) is 8.84. The van der Waals surface area contributed by atoms with Gasteiger partial charge in [-0.05, 0) is 23.3 Å². The molecule has 0 aromatic heterocycles. The molecule has 0 aliphatic heterocycles. The van der Waals surface area contributed by atoms with Crippen LogP contribution in [-0.2, 0) is 20.9 Å². The molecular weight excluding hydrogens is 382 g/mol. The molecule has 1 saturated carbocycles. The van der Waals surface area contributed by atoms with Gasteiger partial charge in [0.25, 0.3) is 0 Å². The number of hydroxylamine groups is 1. The largest absolute Gasteiger partial charge is 0.350 e. The van der Waals surface area contributed by atoms with Gasteiger partial charge in [0, 0.05) is 18.9 Å². The van der Waals surface area contributed by atoms with Crippen LogP contribution in [0.5, 0.6) is 0 Å². The predicted octanol–water partition coefficient (Wildman–Crippen LogP) is 2.93. The number of hydrogen-bond acceptors (Lipinski definition) is 4. The Morgan fingerprint density at radius 2 is 1.70 bits per heavy atom. The van der Waals surface area contributed by atoms with Gasteiger partial charge in [-0.25, -0.2) is 5.48 Å². The molecule has 166 valence electrons. The Balaban J connectivity index is 2.06. The van der Waals surface area contributed by atoms with Gasteiger partial charge < -0.3 is 10.6 Å².